The van der Waals surface area contributed by atoms with E-state index < -0.39 is 0 Å². The zero-order valence-corrected chi connectivity index (χ0v) is 8.79. The Labute approximate surface area is 85.1 Å². The van der Waals surface area contributed by atoms with E-state index in [1.165, 1.54) is 12.0 Å². The molecule has 1 aliphatic rings. The van der Waals surface area contributed by atoms with Crippen molar-refractivity contribution in [3.05, 3.63) is 29.8 Å². The average Bonchev–Trinajstić information content (AvgIpc) is 2.91. The number of ether oxygens (including phenoxy) is 1. The largest absolute Gasteiger partial charge is 0.497 e. The molecule has 0 saturated heterocycles. The maximum atomic E-state index is 5.68. The van der Waals surface area contributed by atoms with Crippen molar-refractivity contribution in [2.24, 2.45) is 11.7 Å². The molecule has 1 aromatic rings. The van der Waals surface area contributed by atoms with Crippen LogP contribution >= 0.6 is 0 Å². The number of nitrogens with two attached hydrogens (primary N) is 1. The Morgan fingerprint density at radius 3 is 2.50 bits per heavy atom. The van der Waals surface area contributed by atoms with Crippen LogP contribution in [-0.4, -0.2) is 13.7 Å². The molecule has 1 saturated carbocycles. The van der Waals surface area contributed by atoms with Gasteiger partial charge in [0.2, 0.25) is 0 Å². The third kappa shape index (κ3) is 1.40. The summed E-state index contributed by atoms with van der Waals surface area (Å²) in [6.45, 7) is 3.08. The second-order valence-corrected chi connectivity index (χ2v) is 4.28. The number of hydrogen-bond acceptors (Lipinski definition) is 2. The van der Waals surface area contributed by atoms with Gasteiger partial charge in [-0.15, -0.1) is 0 Å². The minimum atomic E-state index is 0.320. The molecular weight excluding hydrogens is 174 g/mol. The van der Waals surface area contributed by atoms with Crippen molar-refractivity contribution in [3.63, 3.8) is 0 Å². The first-order chi connectivity index (χ1) is 6.70. The fourth-order valence-electron chi connectivity index (χ4n) is 2.12. The molecule has 0 aliphatic heterocycles. The third-order valence-electron chi connectivity index (χ3n) is 3.45. The Kier molecular flexibility index (Phi) is 2.23. The average molecular weight is 191 g/mol. The van der Waals surface area contributed by atoms with Crippen LogP contribution < -0.4 is 10.5 Å². The van der Waals surface area contributed by atoms with Gasteiger partial charge in [0.05, 0.1) is 7.11 Å². The van der Waals surface area contributed by atoms with Gasteiger partial charge in [-0.2, -0.15) is 0 Å². The Morgan fingerprint density at radius 2 is 2.07 bits per heavy atom. The second-order valence-electron chi connectivity index (χ2n) is 4.28. The van der Waals surface area contributed by atoms with Gasteiger partial charge in [0.15, 0.2) is 0 Å². The maximum absolute atomic E-state index is 5.68. The van der Waals surface area contributed by atoms with Crippen molar-refractivity contribution in [2.75, 3.05) is 13.7 Å². The van der Waals surface area contributed by atoms with Crippen LogP contribution in [0.2, 0.25) is 0 Å². The molecule has 14 heavy (non-hydrogen) atoms. The van der Waals surface area contributed by atoms with E-state index in [1.54, 1.807) is 7.11 Å². The second kappa shape index (κ2) is 3.28. The first-order valence-electron chi connectivity index (χ1n) is 5.05. The van der Waals surface area contributed by atoms with Crippen LogP contribution in [0.5, 0.6) is 5.75 Å². The van der Waals surface area contributed by atoms with Gasteiger partial charge in [-0.25, -0.2) is 0 Å². The lowest BCUT2D eigenvalue weighted by atomic mass is 9.95. The SMILES string of the molecule is COc1ccc(C2(C)CC2CN)cc1. The molecule has 0 radical (unpaired) electrons. The van der Waals surface area contributed by atoms with Crippen LogP contribution in [0.4, 0.5) is 0 Å². The van der Waals surface area contributed by atoms with Crippen LogP contribution in [0.3, 0.4) is 0 Å². The fourth-order valence-corrected chi connectivity index (χ4v) is 2.12. The van der Waals surface area contributed by atoms with E-state index in [0.29, 0.717) is 11.3 Å². The van der Waals surface area contributed by atoms with Crippen molar-refractivity contribution >= 4 is 0 Å². The fraction of sp³-hybridized carbons (Fsp3) is 0.500. The predicted octanol–water partition coefficient (Wildman–Crippen LogP) is 1.93. The first kappa shape index (κ1) is 9.53. The van der Waals surface area contributed by atoms with Crippen LogP contribution in [0.1, 0.15) is 18.9 Å². The van der Waals surface area contributed by atoms with E-state index in [1.807, 2.05) is 12.1 Å². The molecule has 0 spiro atoms. The topological polar surface area (TPSA) is 35.2 Å². The Morgan fingerprint density at radius 1 is 1.43 bits per heavy atom. The molecule has 0 bridgehead atoms. The lowest BCUT2D eigenvalue weighted by molar-refractivity contribution is 0.414. The highest BCUT2D eigenvalue weighted by Gasteiger charge is 2.49. The molecule has 1 aromatic carbocycles. The highest BCUT2D eigenvalue weighted by molar-refractivity contribution is 5.36. The first-order valence-corrected chi connectivity index (χ1v) is 5.05. The molecule has 76 valence electrons. The Balaban J connectivity index is 2.18. The summed E-state index contributed by atoms with van der Waals surface area (Å²) >= 11 is 0. The summed E-state index contributed by atoms with van der Waals surface area (Å²) in [5.74, 6) is 1.58. The summed E-state index contributed by atoms with van der Waals surface area (Å²) in [6.07, 6.45) is 1.22. The monoisotopic (exact) mass is 191 g/mol. The van der Waals surface area contributed by atoms with Gasteiger partial charge in [-0.1, -0.05) is 19.1 Å². The van der Waals surface area contributed by atoms with Crippen LogP contribution in [-0.2, 0) is 5.41 Å². The van der Waals surface area contributed by atoms with Crippen molar-refractivity contribution in [1.82, 2.24) is 0 Å². The molecule has 2 rings (SSSR count). The summed E-state index contributed by atoms with van der Waals surface area (Å²) in [5.41, 5.74) is 7.38. The lowest BCUT2D eigenvalue weighted by Crippen LogP contribution is -2.11. The standard InChI is InChI=1S/C12H17NO/c1-12(7-10(12)8-13)9-3-5-11(14-2)6-4-9/h3-6,10H,7-8,13H2,1-2H3. The van der Waals surface area contributed by atoms with E-state index in [0.717, 1.165) is 12.3 Å². The quantitative estimate of drug-likeness (QED) is 0.792. The van der Waals surface area contributed by atoms with Crippen molar-refractivity contribution in [1.29, 1.82) is 0 Å². The van der Waals surface area contributed by atoms with Gasteiger partial charge in [0.25, 0.3) is 0 Å². The minimum Gasteiger partial charge on any atom is -0.497 e. The van der Waals surface area contributed by atoms with Gasteiger partial charge in [-0.3, -0.25) is 0 Å². The molecule has 1 fully saturated rings. The lowest BCUT2D eigenvalue weighted by Gasteiger charge is -2.11. The Hall–Kier alpha value is -1.02. The highest BCUT2D eigenvalue weighted by Crippen LogP contribution is 2.53. The summed E-state index contributed by atoms with van der Waals surface area (Å²) in [7, 11) is 1.69. The van der Waals surface area contributed by atoms with E-state index >= 15 is 0 Å². The summed E-state index contributed by atoms with van der Waals surface area (Å²) in [6, 6.07) is 8.34. The number of methoxy groups -OCH3 is 1. The van der Waals surface area contributed by atoms with Gasteiger partial charge in [0, 0.05) is 0 Å². The van der Waals surface area contributed by atoms with Gasteiger partial charge >= 0.3 is 0 Å². The van der Waals surface area contributed by atoms with E-state index in [9.17, 15) is 0 Å². The zero-order chi connectivity index (χ0) is 10.2. The van der Waals surface area contributed by atoms with Gasteiger partial charge in [0.1, 0.15) is 5.75 Å². The molecule has 0 heterocycles. The van der Waals surface area contributed by atoms with Crippen molar-refractivity contribution in [3.8, 4) is 5.75 Å². The number of benzene rings is 1. The third-order valence-corrected chi connectivity index (χ3v) is 3.45. The van der Waals surface area contributed by atoms with Crippen LogP contribution in [0.15, 0.2) is 24.3 Å². The molecule has 0 amide bonds. The predicted molar refractivity (Wildman–Crippen MR) is 57.5 cm³/mol. The molecule has 2 atom stereocenters. The van der Waals surface area contributed by atoms with E-state index in [-0.39, 0.29) is 0 Å². The summed E-state index contributed by atoms with van der Waals surface area (Å²) < 4.78 is 5.13. The van der Waals surface area contributed by atoms with Gasteiger partial charge < -0.3 is 10.5 Å². The molecule has 2 N–H and O–H groups in total. The van der Waals surface area contributed by atoms with Gasteiger partial charge in [-0.05, 0) is 42.0 Å². The van der Waals surface area contributed by atoms with Crippen molar-refractivity contribution < 1.29 is 4.74 Å². The zero-order valence-electron chi connectivity index (χ0n) is 8.79. The Bertz CT molecular complexity index is 320. The molecule has 2 heteroatoms. The molecule has 1 aliphatic carbocycles. The maximum Gasteiger partial charge on any atom is 0.118 e. The number of rotatable bonds is 3. The molecular formula is C12H17NO. The van der Waals surface area contributed by atoms with E-state index in [4.69, 9.17) is 10.5 Å². The summed E-state index contributed by atoms with van der Waals surface area (Å²) in [4.78, 5) is 0. The van der Waals surface area contributed by atoms with E-state index in [2.05, 4.69) is 19.1 Å². The van der Waals surface area contributed by atoms with Crippen LogP contribution in [0, 0.1) is 5.92 Å². The number of hydrogen-bond donors (Lipinski definition) is 1. The smallest absolute Gasteiger partial charge is 0.118 e. The highest BCUT2D eigenvalue weighted by atomic mass is 16.5. The molecule has 2 unspecified atom stereocenters. The molecule has 2 nitrogen and oxygen atoms in total. The minimum absolute atomic E-state index is 0.320. The van der Waals surface area contributed by atoms with Crippen molar-refractivity contribution in [2.45, 2.75) is 18.8 Å². The normalized spacial score (nSPS) is 30.1. The summed E-state index contributed by atoms with van der Waals surface area (Å²) in [5, 5.41) is 0. The molecule has 0 aromatic heterocycles. The van der Waals surface area contributed by atoms with Crippen LogP contribution in [0.25, 0.3) is 0 Å².